The average Bonchev–Trinajstić information content (AvgIpc) is 2.64. The Bertz CT molecular complexity index is 822. The number of esters is 1. The van der Waals surface area contributed by atoms with Gasteiger partial charge in [-0.3, -0.25) is 4.79 Å². The van der Waals surface area contributed by atoms with Crippen LogP contribution in [-0.4, -0.2) is 38.7 Å². The smallest absolute Gasteiger partial charge is 0.341 e. The van der Waals surface area contributed by atoms with E-state index in [1.165, 1.54) is 19.2 Å². The highest BCUT2D eigenvalue weighted by Crippen LogP contribution is 2.18. The van der Waals surface area contributed by atoms with Gasteiger partial charge in [0.05, 0.1) is 19.2 Å². The number of hydrogen-bond donors (Lipinski definition) is 1. The topological polar surface area (TPSA) is 73.9 Å². The highest BCUT2D eigenvalue weighted by atomic mass is 19.1. The molecule has 0 radical (unpaired) electrons. The highest BCUT2D eigenvalue weighted by Gasteiger charge is 2.15. The van der Waals surface area contributed by atoms with Crippen molar-refractivity contribution in [2.24, 2.45) is 0 Å². The lowest BCUT2D eigenvalue weighted by Crippen LogP contribution is -2.32. The first-order valence-electron chi connectivity index (χ1n) is 8.38. The van der Waals surface area contributed by atoms with E-state index >= 15 is 0 Å². The summed E-state index contributed by atoms with van der Waals surface area (Å²) in [6.07, 6.45) is 0. The molecule has 6 nitrogen and oxygen atoms in total. The maximum atomic E-state index is 13.8. The van der Waals surface area contributed by atoms with Gasteiger partial charge in [0.1, 0.15) is 23.9 Å². The van der Waals surface area contributed by atoms with Crippen LogP contribution < -0.4 is 14.8 Å². The molecule has 0 heterocycles. The van der Waals surface area contributed by atoms with Gasteiger partial charge in [0.25, 0.3) is 5.91 Å². The number of benzene rings is 2. The fourth-order valence-corrected chi connectivity index (χ4v) is 2.36. The summed E-state index contributed by atoms with van der Waals surface area (Å²) in [7, 11) is 1.39. The minimum Gasteiger partial charge on any atom is -0.497 e. The summed E-state index contributed by atoms with van der Waals surface area (Å²) in [5.74, 6) is -1.16. The van der Waals surface area contributed by atoms with Gasteiger partial charge >= 0.3 is 5.97 Å². The Labute approximate surface area is 157 Å². The number of rotatable bonds is 8. The van der Waals surface area contributed by atoms with Gasteiger partial charge in [-0.2, -0.15) is 0 Å². The molecule has 0 saturated heterocycles. The first kappa shape index (κ1) is 20.2. The zero-order valence-electron chi connectivity index (χ0n) is 15.5. The van der Waals surface area contributed by atoms with E-state index in [0.717, 1.165) is 22.9 Å². The highest BCUT2D eigenvalue weighted by molar-refractivity contribution is 5.91. The average molecular weight is 375 g/mol. The molecule has 0 bridgehead atoms. The molecule has 0 aliphatic rings. The normalized spacial score (nSPS) is 10.2. The molecule has 7 heteroatoms. The van der Waals surface area contributed by atoms with E-state index < -0.39 is 24.3 Å². The summed E-state index contributed by atoms with van der Waals surface area (Å²) < 4.78 is 29.1. The van der Waals surface area contributed by atoms with Crippen molar-refractivity contribution in [2.45, 2.75) is 13.8 Å². The lowest BCUT2D eigenvalue weighted by atomic mass is 10.1. The maximum absolute atomic E-state index is 13.8. The third-order valence-corrected chi connectivity index (χ3v) is 3.74. The largest absolute Gasteiger partial charge is 0.497 e. The molecule has 0 saturated carbocycles. The fourth-order valence-electron chi connectivity index (χ4n) is 2.36. The minimum atomic E-state index is -0.920. The van der Waals surface area contributed by atoms with E-state index in [1.807, 2.05) is 32.0 Å². The first-order valence-corrected chi connectivity index (χ1v) is 8.38. The van der Waals surface area contributed by atoms with E-state index in [9.17, 15) is 14.0 Å². The van der Waals surface area contributed by atoms with E-state index in [4.69, 9.17) is 14.2 Å². The van der Waals surface area contributed by atoms with E-state index in [-0.39, 0.29) is 24.5 Å². The third kappa shape index (κ3) is 5.99. The predicted octanol–water partition coefficient (Wildman–Crippen LogP) is 2.80. The molecule has 2 rings (SSSR count). The van der Waals surface area contributed by atoms with Gasteiger partial charge in [0.2, 0.25) is 0 Å². The number of carbonyl (C=O) groups excluding carboxylic acids is 2. The molecular formula is C20H22FNO5. The molecular weight excluding hydrogens is 353 g/mol. The van der Waals surface area contributed by atoms with E-state index in [1.54, 1.807) is 0 Å². The van der Waals surface area contributed by atoms with Crippen LogP contribution in [0.15, 0.2) is 36.4 Å². The molecule has 0 unspecified atom stereocenters. The van der Waals surface area contributed by atoms with Crippen LogP contribution in [0, 0.1) is 19.7 Å². The second-order valence-corrected chi connectivity index (χ2v) is 5.89. The lowest BCUT2D eigenvalue weighted by molar-refractivity contribution is -0.124. The number of methoxy groups -OCH3 is 1. The summed E-state index contributed by atoms with van der Waals surface area (Å²) >= 11 is 0. The monoisotopic (exact) mass is 375 g/mol. The number of carbonyl (C=O) groups is 2. The first-order chi connectivity index (χ1) is 12.9. The SMILES string of the molecule is COc1ccc(C(=O)OCC(=O)NCCOc2ccc(C)cc2C)c(F)c1. The Hall–Kier alpha value is -3.09. The third-order valence-electron chi connectivity index (χ3n) is 3.74. The standard InChI is InChI=1S/C20H22FNO5/c1-13-4-7-18(14(2)10-13)26-9-8-22-19(23)12-27-20(24)16-6-5-15(25-3)11-17(16)21/h4-7,10-11H,8-9,12H2,1-3H3,(H,22,23). The van der Waals surface area contributed by atoms with Crippen molar-refractivity contribution in [1.29, 1.82) is 0 Å². The zero-order valence-corrected chi connectivity index (χ0v) is 15.5. The molecule has 0 aliphatic carbocycles. The minimum absolute atomic E-state index is 0.251. The predicted molar refractivity (Wildman–Crippen MR) is 97.7 cm³/mol. The van der Waals surface area contributed by atoms with Gasteiger partial charge < -0.3 is 19.5 Å². The van der Waals surface area contributed by atoms with Crippen LogP contribution in [0.4, 0.5) is 4.39 Å². The van der Waals surface area contributed by atoms with Gasteiger partial charge in [-0.15, -0.1) is 0 Å². The van der Waals surface area contributed by atoms with Crippen molar-refractivity contribution < 1.29 is 28.2 Å². The van der Waals surface area contributed by atoms with Crippen LogP contribution in [-0.2, 0) is 9.53 Å². The molecule has 27 heavy (non-hydrogen) atoms. The van der Waals surface area contributed by atoms with Crippen molar-refractivity contribution >= 4 is 11.9 Å². The van der Waals surface area contributed by atoms with Gasteiger partial charge in [-0.25, -0.2) is 9.18 Å². The van der Waals surface area contributed by atoms with Gasteiger partial charge in [0, 0.05) is 6.07 Å². The van der Waals surface area contributed by atoms with Crippen molar-refractivity contribution in [3.63, 3.8) is 0 Å². The Morgan fingerprint density at radius 1 is 1.11 bits per heavy atom. The number of aryl methyl sites for hydroxylation is 2. The molecule has 1 amide bonds. The number of ether oxygens (including phenoxy) is 3. The fraction of sp³-hybridized carbons (Fsp3) is 0.300. The van der Waals surface area contributed by atoms with E-state index in [0.29, 0.717) is 0 Å². The van der Waals surface area contributed by atoms with Crippen molar-refractivity contribution in [3.05, 3.63) is 58.9 Å². The number of amides is 1. The summed E-state index contributed by atoms with van der Waals surface area (Å²) in [6, 6.07) is 9.57. The van der Waals surface area contributed by atoms with Crippen molar-refractivity contribution in [2.75, 3.05) is 26.9 Å². The molecule has 0 fully saturated rings. The lowest BCUT2D eigenvalue weighted by Gasteiger charge is -2.11. The van der Waals surface area contributed by atoms with Crippen LogP contribution >= 0.6 is 0 Å². The molecule has 144 valence electrons. The maximum Gasteiger partial charge on any atom is 0.341 e. The van der Waals surface area contributed by atoms with Gasteiger partial charge in [-0.05, 0) is 37.6 Å². The van der Waals surface area contributed by atoms with Gasteiger partial charge in [0.15, 0.2) is 6.61 Å². The molecule has 2 aromatic carbocycles. The van der Waals surface area contributed by atoms with Crippen molar-refractivity contribution in [1.82, 2.24) is 5.32 Å². The Morgan fingerprint density at radius 3 is 2.56 bits per heavy atom. The second-order valence-electron chi connectivity index (χ2n) is 5.89. The Balaban J connectivity index is 1.72. The molecule has 0 aromatic heterocycles. The molecule has 2 aromatic rings. The van der Waals surface area contributed by atoms with E-state index in [2.05, 4.69) is 5.32 Å². The van der Waals surface area contributed by atoms with Crippen LogP contribution in [0.25, 0.3) is 0 Å². The zero-order chi connectivity index (χ0) is 19.8. The molecule has 1 N–H and O–H groups in total. The van der Waals surface area contributed by atoms with Gasteiger partial charge in [-0.1, -0.05) is 17.7 Å². The van der Waals surface area contributed by atoms with Crippen LogP contribution in [0.3, 0.4) is 0 Å². The Kier molecular flexibility index (Phi) is 7.16. The van der Waals surface area contributed by atoms with Crippen LogP contribution in [0.1, 0.15) is 21.5 Å². The number of hydrogen-bond acceptors (Lipinski definition) is 5. The molecule has 0 atom stereocenters. The van der Waals surface area contributed by atoms with Crippen LogP contribution in [0.5, 0.6) is 11.5 Å². The van der Waals surface area contributed by atoms with Crippen molar-refractivity contribution in [3.8, 4) is 11.5 Å². The Morgan fingerprint density at radius 2 is 1.89 bits per heavy atom. The number of halogens is 1. The number of nitrogens with one attached hydrogen (secondary N) is 1. The second kappa shape index (κ2) is 9.56. The summed E-state index contributed by atoms with van der Waals surface area (Å²) in [5, 5.41) is 2.57. The molecule has 0 spiro atoms. The summed E-state index contributed by atoms with van der Waals surface area (Å²) in [5.41, 5.74) is 1.89. The summed E-state index contributed by atoms with van der Waals surface area (Å²) in [4.78, 5) is 23.6. The molecule has 0 aliphatic heterocycles. The quantitative estimate of drug-likeness (QED) is 0.567. The van der Waals surface area contributed by atoms with Crippen LogP contribution in [0.2, 0.25) is 0 Å². The summed E-state index contributed by atoms with van der Waals surface area (Å²) in [6.45, 7) is 3.96.